The van der Waals surface area contributed by atoms with E-state index in [0.29, 0.717) is 5.92 Å². The molecular formula is C18H28N2O. The molecule has 3 N–H and O–H groups in total. The summed E-state index contributed by atoms with van der Waals surface area (Å²) >= 11 is 0. The summed E-state index contributed by atoms with van der Waals surface area (Å²) in [5, 5.41) is 3.14. The maximum Gasteiger partial charge on any atom is 0.227 e. The van der Waals surface area contributed by atoms with Crippen LogP contribution >= 0.6 is 0 Å². The molecule has 1 aliphatic carbocycles. The third-order valence-electron chi connectivity index (χ3n) is 5.00. The summed E-state index contributed by atoms with van der Waals surface area (Å²) in [6, 6.07) is 8.50. The monoisotopic (exact) mass is 288 g/mol. The predicted octanol–water partition coefficient (Wildman–Crippen LogP) is 3.50. The molecule has 3 heteroatoms. The molecule has 0 aliphatic heterocycles. The van der Waals surface area contributed by atoms with E-state index in [1.54, 1.807) is 0 Å². The molecule has 1 aliphatic rings. The standard InChI is InChI=1S/C18H28N2O/c1-12(2)14-7-9-15(10-8-14)13(3)20-17(21)18(4)11-5-6-16(18)19/h7-10,12-13,16H,5-6,11,19H2,1-4H3,(H,20,21). The predicted molar refractivity (Wildman–Crippen MR) is 87.0 cm³/mol. The van der Waals surface area contributed by atoms with E-state index in [-0.39, 0.29) is 18.0 Å². The van der Waals surface area contributed by atoms with Gasteiger partial charge in [-0.15, -0.1) is 0 Å². The molecule has 0 aromatic heterocycles. The molecule has 1 aromatic carbocycles. The van der Waals surface area contributed by atoms with Gasteiger partial charge in [-0.1, -0.05) is 44.5 Å². The lowest BCUT2D eigenvalue weighted by atomic mass is 9.84. The van der Waals surface area contributed by atoms with E-state index in [9.17, 15) is 4.79 Å². The Kier molecular flexibility index (Phi) is 4.72. The first-order valence-corrected chi connectivity index (χ1v) is 8.01. The molecule has 0 heterocycles. The Hall–Kier alpha value is -1.35. The average Bonchev–Trinajstić information content (AvgIpc) is 2.80. The SMILES string of the molecule is CC(C)c1ccc(C(C)NC(=O)C2(C)CCCC2N)cc1. The molecule has 116 valence electrons. The van der Waals surface area contributed by atoms with Crippen molar-refractivity contribution < 1.29 is 4.79 Å². The largest absolute Gasteiger partial charge is 0.349 e. The van der Waals surface area contributed by atoms with Crippen molar-refractivity contribution in [3.05, 3.63) is 35.4 Å². The van der Waals surface area contributed by atoms with Crippen molar-refractivity contribution in [3.63, 3.8) is 0 Å². The molecule has 21 heavy (non-hydrogen) atoms. The molecule has 2 rings (SSSR count). The first-order valence-electron chi connectivity index (χ1n) is 8.01. The van der Waals surface area contributed by atoms with Gasteiger partial charge in [-0.25, -0.2) is 0 Å². The van der Waals surface area contributed by atoms with Crippen molar-refractivity contribution in [2.45, 2.75) is 65.0 Å². The number of nitrogens with two attached hydrogens (primary N) is 1. The molecule has 3 unspecified atom stereocenters. The number of hydrogen-bond donors (Lipinski definition) is 2. The highest BCUT2D eigenvalue weighted by Crippen LogP contribution is 2.37. The fourth-order valence-electron chi connectivity index (χ4n) is 3.09. The van der Waals surface area contributed by atoms with Gasteiger partial charge < -0.3 is 11.1 Å². The van der Waals surface area contributed by atoms with Crippen molar-refractivity contribution in [2.75, 3.05) is 0 Å². The highest BCUT2D eigenvalue weighted by Gasteiger charge is 2.43. The van der Waals surface area contributed by atoms with Gasteiger partial charge in [0.15, 0.2) is 0 Å². The van der Waals surface area contributed by atoms with Crippen LogP contribution in [0.5, 0.6) is 0 Å². The number of benzene rings is 1. The van der Waals surface area contributed by atoms with Crippen molar-refractivity contribution >= 4 is 5.91 Å². The fourth-order valence-corrected chi connectivity index (χ4v) is 3.09. The number of nitrogens with one attached hydrogen (secondary N) is 1. The highest BCUT2D eigenvalue weighted by molar-refractivity contribution is 5.83. The van der Waals surface area contributed by atoms with Gasteiger partial charge >= 0.3 is 0 Å². The Morgan fingerprint density at radius 1 is 1.24 bits per heavy atom. The molecule has 0 bridgehead atoms. The number of rotatable bonds is 4. The van der Waals surface area contributed by atoms with Crippen LogP contribution < -0.4 is 11.1 Å². The molecule has 1 amide bonds. The zero-order chi connectivity index (χ0) is 15.6. The zero-order valence-electron chi connectivity index (χ0n) is 13.6. The Bertz CT molecular complexity index is 494. The van der Waals surface area contributed by atoms with Crippen molar-refractivity contribution in [2.24, 2.45) is 11.1 Å². The van der Waals surface area contributed by atoms with Gasteiger partial charge in [-0.3, -0.25) is 4.79 Å². The lowest BCUT2D eigenvalue weighted by Crippen LogP contribution is -2.47. The second-order valence-corrected chi connectivity index (χ2v) is 6.93. The molecule has 0 saturated heterocycles. The number of carbonyl (C=O) groups is 1. The van der Waals surface area contributed by atoms with E-state index in [0.717, 1.165) is 24.8 Å². The van der Waals surface area contributed by atoms with Crippen LogP contribution in [0.25, 0.3) is 0 Å². The number of amides is 1. The van der Waals surface area contributed by atoms with E-state index in [4.69, 9.17) is 5.73 Å². The minimum Gasteiger partial charge on any atom is -0.349 e. The Balaban J connectivity index is 2.04. The van der Waals surface area contributed by atoms with Crippen LogP contribution in [0.4, 0.5) is 0 Å². The Morgan fingerprint density at radius 2 is 1.81 bits per heavy atom. The second kappa shape index (κ2) is 6.18. The number of hydrogen-bond acceptors (Lipinski definition) is 2. The van der Waals surface area contributed by atoms with Crippen LogP contribution in [-0.4, -0.2) is 11.9 Å². The maximum absolute atomic E-state index is 12.5. The summed E-state index contributed by atoms with van der Waals surface area (Å²) in [5.74, 6) is 0.618. The van der Waals surface area contributed by atoms with Crippen LogP contribution in [0.1, 0.15) is 70.0 Å². The van der Waals surface area contributed by atoms with E-state index >= 15 is 0 Å². The molecular weight excluding hydrogens is 260 g/mol. The Labute approximate surface area is 128 Å². The normalized spacial score (nSPS) is 26.9. The number of carbonyl (C=O) groups excluding carboxylic acids is 1. The Morgan fingerprint density at radius 3 is 2.29 bits per heavy atom. The van der Waals surface area contributed by atoms with Crippen LogP contribution in [-0.2, 0) is 4.79 Å². The molecule has 1 fully saturated rings. The van der Waals surface area contributed by atoms with E-state index < -0.39 is 5.41 Å². The topological polar surface area (TPSA) is 55.1 Å². The summed E-state index contributed by atoms with van der Waals surface area (Å²) < 4.78 is 0. The average molecular weight is 288 g/mol. The molecule has 1 aromatic rings. The molecule has 0 radical (unpaired) electrons. The third-order valence-corrected chi connectivity index (χ3v) is 5.00. The van der Waals surface area contributed by atoms with Crippen LogP contribution in [0.3, 0.4) is 0 Å². The molecule has 3 nitrogen and oxygen atoms in total. The van der Waals surface area contributed by atoms with E-state index in [1.165, 1.54) is 5.56 Å². The lowest BCUT2D eigenvalue weighted by Gasteiger charge is -2.29. The van der Waals surface area contributed by atoms with Crippen LogP contribution in [0, 0.1) is 5.41 Å². The van der Waals surface area contributed by atoms with Crippen molar-refractivity contribution in [1.29, 1.82) is 0 Å². The summed E-state index contributed by atoms with van der Waals surface area (Å²) in [6.07, 6.45) is 2.88. The third kappa shape index (κ3) is 3.29. The molecule has 3 atom stereocenters. The zero-order valence-corrected chi connectivity index (χ0v) is 13.6. The quantitative estimate of drug-likeness (QED) is 0.891. The summed E-state index contributed by atoms with van der Waals surface area (Å²) in [6.45, 7) is 8.39. The van der Waals surface area contributed by atoms with Gasteiger partial charge in [0, 0.05) is 6.04 Å². The van der Waals surface area contributed by atoms with Gasteiger partial charge in [0.25, 0.3) is 0 Å². The van der Waals surface area contributed by atoms with Gasteiger partial charge in [-0.05, 0) is 43.7 Å². The molecule has 0 spiro atoms. The highest BCUT2D eigenvalue weighted by atomic mass is 16.2. The van der Waals surface area contributed by atoms with Gasteiger partial charge in [0.05, 0.1) is 11.5 Å². The van der Waals surface area contributed by atoms with E-state index in [2.05, 4.69) is 43.4 Å². The van der Waals surface area contributed by atoms with Gasteiger partial charge in [-0.2, -0.15) is 0 Å². The van der Waals surface area contributed by atoms with Crippen LogP contribution in [0.2, 0.25) is 0 Å². The minimum atomic E-state index is -0.411. The van der Waals surface area contributed by atoms with Gasteiger partial charge in [0.2, 0.25) is 5.91 Å². The van der Waals surface area contributed by atoms with Gasteiger partial charge in [0.1, 0.15) is 0 Å². The van der Waals surface area contributed by atoms with Crippen molar-refractivity contribution in [3.8, 4) is 0 Å². The lowest BCUT2D eigenvalue weighted by molar-refractivity contribution is -0.131. The summed E-state index contributed by atoms with van der Waals surface area (Å²) in [4.78, 5) is 12.5. The first-order chi connectivity index (χ1) is 9.84. The van der Waals surface area contributed by atoms with Crippen LogP contribution in [0.15, 0.2) is 24.3 Å². The van der Waals surface area contributed by atoms with Crippen molar-refractivity contribution in [1.82, 2.24) is 5.32 Å². The summed E-state index contributed by atoms with van der Waals surface area (Å²) in [5.41, 5.74) is 8.17. The first kappa shape index (κ1) is 16.0. The molecule has 1 saturated carbocycles. The smallest absolute Gasteiger partial charge is 0.227 e. The minimum absolute atomic E-state index is 0.0170. The second-order valence-electron chi connectivity index (χ2n) is 6.93. The fraction of sp³-hybridized carbons (Fsp3) is 0.611. The maximum atomic E-state index is 12.5. The van der Waals surface area contributed by atoms with E-state index in [1.807, 2.05) is 13.8 Å². The summed E-state index contributed by atoms with van der Waals surface area (Å²) in [7, 11) is 0.